The molecule has 106 valence electrons. The van der Waals surface area contributed by atoms with Gasteiger partial charge in [-0.2, -0.15) is 0 Å². The summed E-state index contributed by atoms with van der Waals surface area (Å²) in [5.74, 6) is 2.03. The Morgan fingerprint density at radius 1 is 1.25 bits per heavy atom. The fraction of sp³-hybridized carbons (Fsp3) is 0.467. The molecule has 0 unspecified atom stereocenters. The van der Waals surface area contributed by atoms with Gasteiger partial charge in [0, 0.05) is 19.0 Å². The quantitative estimate of drug-likeness (QED) is 0.920. The highest BCUT2D eigenvalue weighted by molar-refractivity contribution is 5.18. The van der Waals surface area contributed by atoms with Crippen LogP contribution in [0.25, 0.3) is 0 Å². The average Bonchev–Trinajstić information content (AvgIpc) is 2.72. The van der Waals surface area contributed by atoms with Crippen molar-refractivity contribution in [1.29, 1.82) is 0 Å². The highest BCUT2D eigenvalue weighted by Gasteiger charge is 2.15. The molecule has 0 amide bonds. The third kappa shape index (κ3) is 2.89. The lowest BCUT2D eigenvalue weighted by Crippen LogP contribution is -2.21. The summed E-state index contributed by atoms with van der Waals surface area (Å²) in [7, 11) is 0. The summed E-state index contributed by atoms with van der Waals surface area (Å²) in [6.45, 7) is 5.22. The Morgan fingerprint density at radius 2 is 2.10 bits per heavy atom. The molecule has 1 aliphatic heterocycles. The molecule has 0 radical (unpaired) electrons. The molecular formula is C15H20N4O. The molecule has 1 aromatic heterocycles. The molecule has 0 saturated carbocycles. The van der Waals surface area contributed by atoms with Crippen molar-refractivity contribution in [2.75, 3.05) is 13.2 Å². The highest BCUT2D eigenvalue weighted by atomic mass is 16.5. The second kappa shape index (κ2) is 6.15. The SMILES string of the molecule is C[C@@H](NCc1nnc2n1CCOCC2)c1ccccc1. The first kappa shape index (κ1) is 13.3. The van der Waals surface area contributed by atoms with Crippen molar-refractivity contribution in [2.24, 2.45) is 0 Å². The maximum atomic E-state index is 5.48. The van der Waals surface area contributed by atoms with Gasteiger partial charge in [-0.15, -0.1) is 10.2 Å². The largest absolute Gasteiger partial charge is 0.379 e. The number of nitrogens with zero attached hydrogens (tertiary/aromatic N) is 3. The number of nitrogens with one attached hydrogen (secondary N) is 1. The molecule has 0 aliphatic carbocycles. The Kier molecular flexibility index (Phi) is 4.08. The number of hydrogen-bond acceptors (Lipinski definition) is 4. The highest BCUT2D eigenvalue weighted by Crippen LogP contribution is 2.13. The molecule has 0 bridgehead atoms. The van der Waals surface area contributed by atoms with E-state index >= 15 is 0 Å². The maximum Gasteiger partial charge on any atom is 0.147 e. The Morgan fingerprint density at radius 3 is 2.95 bits per heavy atom. The van der Waals surface area contributed by atoms with Crippen LogP contribution in [0, 0.1) is 0 Å². The first-order valence-corrected chi connectivity index (χ1v) is 7.11. The molecule has 1 aliphatic rings. The third-order valence-corrected chi connectivity index (χ3v) is 3.70. The lowest BCUT2D eigenvalue weighted by Gasteiger charge is -2.14. The first-order chi connectivity index (χ1) is 9.84. The number of ether oxygens (including phenoxy) is 1. The zero-order valence-corrected chi connectivity index (χ0v) is 11.7. The molecule has 20 heavy (non-hydrogen) atoms. The molecule has 1 atom stereocenters. The number of rotatable bonds is 4. The fourth-order valence-corrected chi connectivity index (χ4v) is 2.47. The van der Waals surface area contributed by atoms with Gasteiger partial charge in [0.15, 0.2) is 0 Å². The predicted molar refractivity (Wildman–Crippen MR) is 76.2 cm³/mol. The molecule has 1 aromatic carbocycles. The van der Waals surface area contributed by atoms with Gasteiger partial charge in [-0.05, 0) is 12.5 Å². The van der Waals surface area contributed by atoms with Crippen molar-refractivity contribution in [3.05, 3.63) is 47.5 Å². The van der Waals surface area contributed by atoms with Crippen LogP contribution >= 0.6 is 0 Å². The van der Waals surface area contributed by atoms with Crippen molar-refractivity contribution in [3.8, 4) is 0 Å². The van der Waals surface area contributed by atoms with Crippen molar-refractivity contribution in [3.63, 3.8) is 0 Å². The van der Waals surface area contributed by atoms with Crippen LogP contribution in [-0.4, -0.2) is 28.0 Å². The summed E-state index contributed by atoms with van der Waals surface area (Å²) in [5, 5.41) is 12.1. The van der Waals surface area contributed by atoms with E-state index in [0.717, 1.165) is 44.4 Å². The summed E-state index contributed by atoms with van der Waals surface area (Å²) < 4.78 is 7.65. The van der Waals surface area contributed by atoms with E-state index in [1.165, 1.54) is 5.56 Å². The summed E-state index contributed by atoms with van der Waals surface area (Å²) in [5.41, 5.74) is 1.28. The minimum atomic E-state index is 0.297. The molecular weight excluding hydrogens is 252 g/mol. The molecule has 5 heteroatoms. The van der Waals surface area contributed by atoms with Crippen molar-refractivity contribution in [2.45, 2.75) is 32.5 Å². The molecule has 2 heterocycles. The van der Waals surface area contributed by atoms with E-state index in [4.69, 9.17) is 4.74 Å². The van der Waals surface area contributed by atoms with E-state index < -0.39 is 0 Å². The predicted octanol–water partition coefficient (Wildman–Crippen LogP) is 1.70. The van der Waals surface area contributed by atoms with E-state index in [1.54, 1.807) is 0 Å². The minimum Gasteiger partial charge on any atom is -0.379 e. The fourth-order valence-electron chi connectivity index (χ4n) is 2.47. The zero-order valence-electron chi connectivity index (χ0n) is 11.7. The van der Waals surface area contributed by atoms with E-state index in [-0.39, 0.29) is 0 Å². The van der Waals surface area contributed by atoms with Gasteiger partial charge in [0.1, 0.15) is 11.6 Å². The van der Waals surface area contributed by atoms with E-state index in [2.05, 4.69) is 51.3 Å². The minimum absolute atomic E-state index is 0.297. The summed E-state index contributed by atoms with van der Waals surface area (Å²) >= 11 is 0. The monoisotopic (exact) mass is 272 g/mol. The second-order valence-corrected chi connectivity index (χ2v) is 5.06. The standard InChI is InChI=1S/C15H20N4O/c1-12(13-5-3-2-4-6-13)16-11-15-18-17-14-7-9-20-10-8-19(14)15/h2-6,12,16H,7-11H2,1H3/t12-/m1/s1. The summed E-state index contributed by atoms with van der Waals surface area (Å²) in [6.07, 6.45) is 0.848. The Balaban J connectivity index is 1.65. The molecule has 5 nitrogen and oxygen atoms in total. The van der Waals surface area contributed by atoms with Crippen LogP contribution in [0.2, 0.25) is 0 Å². The van der Waals surface area contributed by atoms with Crippen molar-refractivity contribution >= 4 is 0 Å². The number of hydrogen-bond donors (Lipinski definition) is 1. The molecule has 0 saturated heterocycles. The van der Waals surface area contributed by atoms with Crippen LogP contribution in [-0.2, 0) is 24.2 Å². The van der Waals surface area contributed by atoms with Gasteiger partial charge >= 0.3 is 0 Å². The Labute approximate surface area is 119 Å². The van der Waals surface area contributed by atoms with Gasteiger partial charge in [-0.25, -0.2) is 0 Å². The van der Waals surface area contributed by atoms with E-state index in [1.807, 2.05) is 6.07 Å². The Bertz CT molecular complexity index is 552. The molecule has 0 fully saturated rings. The zero-order chi connectivity index (χ0) is 13.8. The van der Waals surface area contributed by atoms with E-state index in [0.29, 0.717) is 6.04 Å². The van der Waals surface area contributed by atoms with Crippen LogP contribution in [0.5, 0.6) is 0 Å². The number of aromatic nitrogens is 3. The Hall–Kier alpha value is -1.72. The van der Waals surface area contributed by atoms with Crippen LogP contribution in [0.3, 0.4) is 0 Å². The average molecular weight is 272 g/mol. The summed E-state index contributed by atoms with van der Waals surface area (Å²) in [6, 6.07) is 10.7. The second-order valence-electron chi connectivity index (χ2n) is 5.06. The summed E-state index contributed by atoms with van der Waals surface area (Å²) in [4.78, 5) is 0. The van der Waals surface area contributed by atoms with E-state index in [9.17, 15) is 0 Å². The van der Waals surface area contributed by atoms with Gasteiger partial charge in [0.2, 0.25) is 0 Å². The molecule has 3 rings (SSSR count). The number of fused-ring (bicyclic) bond motifs is 1. The lowest BCUT2D eigenvalue weighted by molar-refractivity contribution is 0.139. The molecule has 0 spiro atoms. The van der Waals surface area contributed by atoms with Crippen LogP contribution in [0.15, 0.2) is 30.3 Å². The topological polar surface area (TPSA) is 52.0 Å². The first-order valence-electron chi connectivity index (χ1n) is 7.11. The smallest absolute Gasteiger partial charge is 0.147 e. The van der Waals surface area contributed by atoms with Crippen LogP contribution in [0.1, 0.15) is 30.2 Å². The van der Waals surface area contributed by atoms with Crippen LogP contribution < -0.4 is 5.32 Å². The van der Waals surface area contributed by atoms with Gasteiger partial charge < -0.3 is 14.6 Å². The van der Waals surface area contributed by atoms with Gasteiger partial charge in [0.05, 0.1) is 19.8 Å². The normalized spacial score (nSPS) is 16.4. The van der Waals surface area contributed by atoms with Crippen molar-refractivity contribution in [1.82, 2.24) is 20.1 Å². The van der Waals surface area contributed by atoms with Gasteiger partial charge in [-0.3, -0.25) is 0 Å². The lowest BCUT2D eigenvalue weighted by atomic mass is 10.1. The van der Waals surface area contributed by atoms with Crippen molar-refractivity contribution < 1.29 is 4.74 Å². The third-order valence-electron chi connectivity index (χ3n) is 3.70. The van der Waals surface area contributed by atoms with Gasteiger partial charge in [-0.1, -0.05) is 30.3 Å². The van der Waals surface area contributed by atoms with Crippen LogP contribution in [0.4, 0.5) is 0 Å². The maximum absolute atomic E-state index is 5.48. The molecule has 2 aromatic rings. The molecule has 1 N–H and O–H groups in total. The van der Waals surface area contributed by atoms with Gasteiger partial charge in [0.25, 0.3) is 0 Å². The number of benzene rings is 1.